The highest BCUT2D eigenvalue weighted by molar-refractivity contribution is 5.67. The molecule has 3 nitrogen and oxygen atoms in total. The third-order valence-corrected chi connectivity index (χ3v) is 2.39. The first kappa shape index (κ1) is 15.7. The van der Waals surface area contributed by atoms with Crippen LogP contribution in [-0.2, 0) is 0 Å². The Kier molecular flexibility index (Phi) is 4.25. The van der Waals surface area contributed by atoms with Gasteiger partial charge in [0, 0.05) is 0 Å². The van der Waals surface area contributed by atoms with Crippen LogP contribution in [0.15, 0.2) is 24.3 Å². The molecule has 2 rings (SSSR count). The van der Waals surface area contributed by atoms with Gasteiger partial charge in [-0.1, -0.05) is 0 Å². The van der Waals surface area contributed by atoms with Crippen LogP contribution in [0.4, 0.5) is 31.1 Å². The van der Waals surface area contributed by atoms with Crippen molar-refractivity contribution in [2.24, 2.45) is 0 Å². The summed E-state index contributed by atoms with van der Waals surface area (Å²) in [5, 5.41) is 0. The zero-order valence-electron chi connectivity index (χ0n) is 10.3. The Morgan fingerprint density at radius 2 is 1.00 bits per heavy atom. The van der Waals surface area contributed by atoms with Crippen LogP contribution in [0.1, 0.15) is 0 Å². The molecule has 0 fully saturated rings. The van der Waals surface area contributed by atoms with Crippen LogP contribution in [0.2, 0.25) is 0 Å². The largest absolute Gasteiger partial charge is 0.519 e. The van der Waals surface area contributed by atoms with E-state index in [1.165, 1.54) is 0 Å². The zero-order chi connectivity index (χ0) is 16.4. The first-order valence-electron chi connectivity index (χ1n) is 5.48. The molecule has 0 atom stereocenters. The van der Waals surface area contributed by atoms with E-state index < -0.39 is 52.6 Å². The van der Waals surface area contributed by atoms with Crippen LogP contribution >= 0.6 is 0 Å². The summed E-state index contributed by atoms with van der Waals surface area (Å²) in [5.74, 6) is -12.5. The number of benzene rings is 2. The van der Waals surface area contributed by atoms with E-state index >= 15 is 0 Å². The van der Waals surface area contributed by atoms with Crippen molar-refractivity contribution in [3.8, 4) is 11.5 Å². The summed E-state index contributed by atoms with van der Waals surface area (Å²) in [5.41, 5.74) is 0. The predicted octanol–water partition coefficient (Wildman–Crippen LogP) is 4.10. The molecule has 2 aromatic carbocycles. The topological polar surface area (TPSA) is 35.5 Å². The van der Waals surface area contributed by atoms with Crippen molar-refractivity contribution < 1.29 is 40.6 Å². The molecule has 0 aliphatic rings. The minimum absolute atomic E-state index is 0.471. The van der Waals surface area contributed by atoms with Crippen molar-refractivity contribution >= 4 is 6.16 Å². The number of carbonyl (C=O) groups excluding carboxylic acids is 1. The smallest absolute Gasteiger partial charge is 0.391 e. The van der Waals surface area contributed by atoms with E-state index in [4.69, 9.17) is 0 Å². The Labute approximate surface area is 118 Å². The quantitative estimate of drug-likeness (QED) is 0.361. The molecule has 0 aromatic heterocycles. The van der Waals surface area contributed by atoms with Crippen LogP contribution < -0.4 is 9.47 Å². The number of rotatable bonds is 2. The molecule has 0 aliphatic heterocycles. The molecule has 0 saturated carbocycles. The lowest BCUT2D eigenvalue weighted by Gasteiger charge is -2.08. The average molecular weight is 322 g/mol. The first-order valence-corrected chi connectivity index (χ1v) is 5.48. The second-order valence-electron chi connectivity index (χ2n) is 3.80. The molecule has 0 aliphatic carbocycles. The minimum atomic E-state index is -1.90. The fraction of sp³-hybridized carbons (Fsp3) is 0. The Hall–Kier alpha value is -2.71. The van der Waals surface area contributed by atoms with Crippen LogP contribution in [0.5, 0.6) is 11.5 Å². The fourth-order valence-electron chi connectivity index (χ4n) is 1.37. The molecule has 0 radical (unpaired) electrons. The van der Waals surface area contributed by atoms with Gasteiger partial charge in [0.1, 0.15) is 0 Å². The third kappa shape index (κ3) is 2.97. The van der Waals surface area contributed by atoms with Gasteiger partial charge in [-0.2, -0.15) is 8.78 Å². The Morgan fingerprint density at radius 1 is 0.636 bits per heavy atom. The molecule has 9 heteroatoms. The van der Waals surface area contributed by atoms with Crippen LogP contribution in [0.3, 0.4) is 0 Å². The highest BCUT2D eigenvalue weighted by atomic mass is 19.2. The molecule has 22 heavy (non-hydrogen) atoms. The summed E-state index contributed by atoms with van der Waals surface area (Å²) in [7, 11) is 0. The Morgan fingerprint density at radius 3 is 1.36 bits per heavy atom. The number of carbonyl (C=O) groups is 1. The summed E-state index contributed by atoms with van der Waals surface area (Å²) < 4.78 is 85.9. The minimum Gasteiger partial charge on any atom is -0.391 e. The molecular weight excluding hydrogens is 318 g/mol. The van der Waals surface area contributed by atoms with Gasteiger partial charge in [0.25, 0.3) is 0 Å². The molecule has 0 N–H and O–H groups in total. The maximum absolute atomic E-state index is 13.2. The van der Waals surface area contributed by atoms with E-state index in [2.05, 4.69) is 9.47 Å². The lowest BCUT2D eigenvalue weighted by molar-refractivity contribution is 0.146. The van der Waals surface area contributed by atoms with E-state index in [1.54, 1.807) is 0 Å². The lowest BCUT2D eigenvalue weighted by Crippen LogP contribution is -2.16. The summed E-state index contributed by atoms with van der Waals surface area (Å²) in [6, 6.07) is 2.10. The fourth-order valence-corrected chi connectivity index (χ4v) is 1.37. The van der Waals surface area contributed by atoms with Crippen molar-refractivity contribution in [2.75, 3.05) is 0 Å². The molecule has 0 unspecified atom stereocenters. The lowest BCUT2D eigenvalue weighted by atomic mass is 10.3. The van der Waals surface area contributed by atoms with Crippen LogP contribution in [0.25, 0.3) is 0 Å². The monoisotopic (exact) mass is 322 g/mol. The highest BCUT2D eigenvalue weighted by Gasteiger charge is 2.21. The summed E-state index contributed by atoms with van der Waals surface area (Å²) in [4.78, 5) is 11.3. The number of hydrogen-bond acceptors (Lipinski definition) is 3. The summed E-state index contributed by atoms with van der Waals surface area (Å²) in [6.45, 7) is 0. The molecule has 116 valence electrons. The normalized spacial score (nSPS) is 10.5. The second-order valence-corrected chi connectivity index (χ2v) is 3.80. The molecule has 0 heterocycles. The van der Waals surface area contributed by atoms with Crippen molar-refractivity contribution in [2.45, 2.75) is 0 Å². The van der Waals surface area contributed by atoms with Gasteiger partial charge in [-0.05, 0) is 24.3 Å². The van der Waals surface area contributed by atoms with Crippen molar-refractivity contribution in [1.82, 2.24) is 0 Å². The van der Waals surface area contributed by atoms with Crippen molar-refractivity contribution in [1.29, 1.82) is 0 Å². The van der Waals surface area contributed by atoms with Crippen molar-refractivity contribution in [3.63, 3.8) is 0 Å². The standard InChI is InChI=1S/C13H4F6O3/c14-5-1-3-7(11(18)9(5)16)21-13(20)22-8-4-2-6(15)10(17)12(8)19/h1-4H. The van der Waals surface area contributed by atoms with Crippen LogP contribution in [-0.4, -0.2) is 6.16 Å². The van der Waals surface area contributed by atoms with Gasteiger partial charge in [0.15, 0.2) is 34.8 Å². The van der Waals surface area contributed by atoms with Crippen molar-refractivity contribution in [3.05, 3.63) is 59.2 Å². The van der Waals surface area contributed by atoms with Gasteiger partial charge in [-0.25, -0.2) is 22.4 Å². The van der Waals surface area contributed by atoms with Gasteiger partial charge < -0.3 is 9.47 Å². The average Bonchev–Trinajstić information content (AvgIpc) is 2.48. The molecule has 0 bridgehead atoms. The predicted molar refractivity (Wildman–Crippen MR) is 59.3 cm³/mol. The summed E-state index contributed by atoms with van der Waals surface area (Å²) in [6.07, 6.45) is -1.77. The van der Waals surface area contributed by atoms with Gasteiger partial charge in [0.2, 0.25) is 11.6 Å². The van der Waals surface area contributed by atoms with Gasteiger partial charge in [-0.3, -0.25) is 0 Å². The van der Waals surface area contributed by atoms with E-state index in [1.807, 2.05) is 0 Å². The van der Waals surface area contributed by atoms with E-state index in [9.17, 15) is 31.1 Å². The third-order valence-electron chi connectivity index (χ3n) is 2.39. The number of hydrogen-bond donors (Lipinski definition) is 0. The van der Waals surface area contributed by atoms with Gasteiger partial charge >= 0.3 is 6.16 Å². The Balaban J connectivity index is 2.18. The maximum Gasteiger partial charge on any atom is 0.519 e. The molecule has 0 spiro atoms. The molecular formula is C13H4F6O3. The van der Waals surface area contributed by atoms with Crippen LogP contribution in [0, 0.1) is 34.9 Å². The van der Waals surface area contributed by atoms with E-state index in [-0.39, 0.29) is 0 Å². The maximum atomic E-state index is 13.2. The molecule has 2 aromatic rings. The molecule has 0 amide bonds. The zero-order valence-corrected chi connectivity index (χ0v) is 10.3. The first-order chi connectivity index (χ1) is 10.3. The Bertz CT molecular complexity index is 686. The number of halogens is 6. The highest BCUT2D eigenvalue weighted by Crippen LogP contribution is 2.25. The number of ether oxygens (including phenoxy) is 2. The second kappa shape index (κ2) is 5.96. The SMILES string of the molecule is O=C(Oc1ccc(F)c(F)c1F)Oc1ccc(F)c(F)c1F. The van der Waals surface area contributed by atoms with Gasteiger partial charge in [0.05, 0.1) is 0 Å². The van der Waals surface area contributed by atoms with E-state index in [0.717, 1.165) is 0 Å². The van der Waals surface area contributed by atoms with E-state index in [0.29, 0.717) is 24.3 Å². The summed E-state index contributed by atoms with van der Waals surface area (Å²) >= 11 is 0. The van der Waals surface area contributed by atoms with Gasteiger partial charge in [-0.15, -0.1) is 0 Å². The molecule has 0 saturated heterocycles.